The highest BCUT2D eigenvalue weighted by atomic mass is 79.9. The average Bonchev–Trinajstić information content (AvgIpc) is 2.71. The second-order valence-corrected chi connectivity index (χ2v) is 8.50. The second kappa shape index (κ2) is 9.45. The minimum Gasteiger partial charge on any atom is -0.496 e. The van der Waals surface area contributed by atoms with Gasteiger partial charge in [0.15, 0.2) is 0 Å². The molecular formula is C23H20Br2N2O3. The first kappa shape index (κ1) is 22.1. The van der Waals surface area contributed by atoms with Gasteiger partial charge in [-0.2, -0.15) is 0 Å². The zero-order valence-electron chi connectivity index (χ0n) is 16.7. The van der Waals surface area contributed by atoms with Gasteiger partial charge in [0.2, 0.25) is 0 Å². The number of carbonyl (C=O) groups is 2. The Kier molecular flexibility index (Phi) is 6.95. The van der Waals surface area contributed by atoms with E-state index in [2.05, 4.69) is 42.5 Å². The van der Waals surface area contributed by atoms with Crippen molar-refractivity contribution in [3.63, 3.8) is 0 Å². The van der Waals surface area contributed by atoms with Crippen LogP contribution in [0, 0.1) is 13.8 Å². The SMILES string of the molecule is COc1ccc(C(=O)Nc2ccc(C)cc2Br)cc1C(=O)Nc1ccc(C)cc1Br. The van der Waals surface area contributed by atoms with Gasteiger partial charge in [0.05, 0.1) is 24.0 Å². The number of anilines is 2. The van der Waals surface area contributed by atoms with Crippen LogP contribution >= 0.6 is 31.9 Å². The molecule has 0 heterocycles. The maximum Gasteiger partial charge on any atom is 0.259 e. The molecular weight excluding hydrogens is 512 g/mol. The van der Waals surface area contributed by atoms with E-state index < -0.39 is 0 Å². The summed E-state index contributed by atoms with van der Waals surface area (Å²) in [4.78, 5) is 25.7. The Labute approximate surface area is 192 Å². The van der Waals surface area contributed by atoms with Crippen molar-refractivity contribution in [1.82, 2.24) is 0 Å². The topological polar surface area (TPSA) is 67.4 Å². The van der Waals surface area contributed by atoms with Gasteiger partial charge in [-0.05, 0) is 99.3 Å². The van der Waals surface area contributed by atoms with Crippen LogP contribution in [0.1, 0.15) is 31.8 Å². The van der Waals surface area contributed by atoms with Crippen LogP contribution in [0.3, 0.4) is 0 Å². The van der Waals surface area contributed by atoms with Gasteiger partial charge in [-0.3, -0.25) is 9.59 Å². The number of halogens is 2. The number of methoxy groups -OCH3 is 1. The molecule has 0 radical (unpaired) electrons. The molecule has 3 rings (SSSR count). The van der Waals surface area contributed by atoms with Crippen LogP contribution in [0.5, 0.6) is 5.75 Å². The van der Waals surface area contributed by atoms with Crippen LogP contribution in [0.25, 0.3) is 0 Å². The number of aryl methyl sites for hydroxylation is 2. The van der Waals surface area contributed by atoms with Gasteiger partial charge in [-0.15, -0.1) is 0 Å². The van der Waals surface area contributed by atoms with Crippen LogP contribution in [0.2, 0.25) is 0 Å². The van der Waals surface area contributed by atoms with E-state index in [1.807, 2.05) is 50.2 Å². The number of hydrogen-bond acceptors (Lipinski definition) is 3. The predicted molar refractivity (Wildman–Crippen MR) is 127 cm³/mol. The third-order valence-electron chi connectivity index (χ3n) is 4.45. The van der Waals surface area contributed by atoms with Gasteiger partial charge in [-0.1, -0.05) is 12.1 Å². The van der Waals surface area contributed by atoms with E-state index in [1.54, 1.807) is 12.1 Å². The Morgan fingerprint density at radius 3 is 1.80 bits per heavy atom. The molecule has 5 nitrogen and oxygen atoms in total. The van der Waals surface area contributed by atoms with Crippen LogP contribution in [-0.2, 0) is 0 Å². The second-order valence-electron chi connectivity index (χ2n) is 6.79. The van der Waals surface area contributed by atoms with E-state index in [-0.39, 0.29) is 17.4 Å². The first-order chi connectivity index (χ1) is 14.3. The molecule has 0 spiro atoms. The maximum absolute atomic E-state index is 12.9. The molecule has 0 aliphatic carbocycles. The normalized spacial score (nSPS) is 10.4. The zero-order chi connectivity index (χ0) is 21.8. The largest absolute Gasteiger partial charge is 0.496 e. The standard InChI is InChI=1S/C23H20Br2N2O3/c1-13-4-7-19(17(24)10-13)26-22(28)15-6-9-21(30-3)16(12-15)23(29)27-20-8-5-14(2)11-18(20)25/h4-12H,1-3H3,(H,26,28)(H,27,29). The molecule has 0 fully saturated rings. The summed E-state index contributed by atoms with van der Waals surface area (Å²) in [5.41, 5.74) is 4.03. The first-order valence-corrected chi connectivity index (χ1v) is 10.7. The van der Waals surface area contributed by atoms with E-state index >= 15 is 0 Å². The van der Waals surface area contributed by atoms with E-state index in [0.717, 1.165) is 20.1 Å². The maximum atomic E-state index is 12.9. The molecule has 0 aliphatic rings. The van der Waals surface area contributed by atoms with E-state index in [0.29, 0.717) is 22.7 Å². The van der Waals surface area contributed by atoms with Crippen molar-refractivity contribution in [2.45, 2.75) is 13.8 Å². The lowest BCUT2D eigenvalue weighted by Crippen LogP contribution is -2.17. The molecule has 3 aromatic carbocycles. The molecule has 3 aromatic rings. The van der Waals surface area contributed by atoms with Gasteiger partial charge < -0.3 is 15.4 Å². The lowest BCUT2D eigenvalue weighted by atomic mass is 10.1. The van der Waals surface area contributed by atoms with Crippen molar-refractivity contribution >= 4 is 55.0 Å². The van der Waals surface area contributed by atoms with Crippen LogP contribution in [0.4, 0.5) is 11.4 Å². The van der Waals surface area contributed by atoms with Crippen molar-refractivity contribution in [1.29, 1.82) is 0 Å². The monoisotopic (exact) mass is 530 g/mol. The Hall–Kier alpha value is -2.64. The molecule has 30 heavy (non-hydrogen) atoms. The van der Waals surface area contributed by atoms with Gasteiger partial charge in [0.25, 0.3) is 11.8 Å². The van der Waals surface area contributed by atoms with Crippen LogP contribution in [-0.4, -0.2) is 18.9 Å². The van der Waals surface area contributed by atoms with Gasteiger partial charge in [0, 0.05) is 14.5 Å². The molecule has 0 saturated carbocycles. The Balaban J connectivity index is 1.87. The fraction of sp³-hybridized carbons (Fsp3) is 0.130. The molecule has 0 aliphatic heterocycles. The third kappa shape index (κ3) is 5.09. The number of rotatable bonds is 5. The van der Waals surface area contributed by atoms with Gasteiger partial charge >= 0.3 is 0 Å². The average molecular weight is 532 g/mol. The summed E-state index contributed by atoms with van der Waals surface area (Å²) in [6.07, 6.45) is 0. The molecule has 2 amide bonds. The molecule has 0 saturated heterocycles. The van der Waals surface area contributed by atoms with Gasteiger partial charge in [0.1, 0.15) is 5.75 Å². The zero-order valence-corrected chi connectivity index (χ0v) is 19.8. The number of benzene rings is 3. The fourth-order valence-corrected chi connectivity index (χ4v) is 4.04. The van der Waals surface area contributed by atoms with Crippen molar-refractivity contribution in [2.24, 2.45) is 0 Å². The molecule has 2 N–H and O–H groups in total. The predicted octanol–water partition coefficient (Wildman–Crippen LogP) is 6.34. The van der Waals surface area contributed by atoms with Crippen molar-refractivity contribution in [3.8, 4) is 5.75 Å². The number of amides is 2. The Morgan fingerprint density at radius 1 is 0.767 bits per heavy atom. The summed E-state index contributed by atoms with van der Waals surface area (Å²) in [6, 6.07) is 16.0. The van der Waals surface area contributed by atoms with Crippen molar-refractivity contribution in [2.75, 3.05) is 17.7 Å². The van der Waals surface area contributed by atoms with Gasteiger partial charge in [-0.25, -0.2) is 0 Å². The molecule has 154 valence electrons. The minimum absolute atomic E-state index is 0.264. The van der Waals surface area contributed by atoms with E-state index in [1.165, 1.54) is 13.2 Å². The number of ether oxygens (including phenoxy) is 1. The summed E-state index contributed by atoms with van der Waals surface area (Å²) < 4.78 is 6.88. The van der Waals surface area contributed by atoms with Crippen LogP contribution < -0.4 is 15.4 Å². The van der Waals surface area contributed by atoms with Crippen molar-refractivity contribution in [3.05, 3.63) is 85.8 Å². The molecule has 0 unspecified atom stereocenters. The fourth-order valence-electron chi connectivity index (χ4n) is 2.85. The Bertz CT molecular complexity index is 1130. The van der Waals surface area contributed by atoms with Crippen LogP contribution in [0.15, 0.2) is 63.5 Å². The highest BCUT2D eigenvalue weighted by Gasteiger charge is 2.18. The first-order valence-electron chi connectivity index (χ1n) is 9.11. The third-order valence-corrected chi connectivity index (χ3v) is 5.76. The lowest BCUT2D eigenvalue weighted by molar-refractivity contribution is 0.102. The molecule has 0 bridgehead atoms. The molecule has 0 atom stereocenters. The minimum atomic E-state index is -0.373. The summed E-state index contributed by atoms with van der Waals surface area (Å²) in [7, 11) is 1.48. The van der Waals surface area contributed by atoms with E-state index in [9.17, 15) is 9.59 Å². The van der Waals surface area contributed by atoms with Crippen molar-refractivity contribution < 1.29 is 14.3 Å². The van der Waals surface area contributed by atoms with E-state index in [4.69, 9.17) is 4.74 Å². The number of hydrogen-bond donors (Lipinski definition) is 2. The highest BCUT2D eigenvalue weighted by molar-refractivity contribution is 9.11. The smallest absolute Gasteiger partial charge is 0.259 e. The molecule has 7 heteroatoms. The highest BCUT2D eigenvalue weighted by Crippen LogP contribution is 2.27. The lowest BCUT2D eigenvalue weighted by Gasteiger charge is -2.13. The Morgan fingerprint density at radius 2 is 1.30 bits per heavy atom. The summed E-state index contributed by atoms with van der Waals surface area (Å²) >= 11 is 6.91. The summed E-state index contributed by atoms with van der Waals surface area (Å²) in [5, 5.41) is 5.71. The summed E-state index contributed by atoms with van der Waals surface area (Å²) in [5.74, 6) is -0.320. The number of carbonyl (C=O) groups excluding carboxylic acids is 2. The number of nitrogens with one attached hydrogen (secondary N) is 2. The summed E-state index contributed by atoms with van der Waals surface area (Å²) in [6.45, 7) is 3.94. The molecule has 0 aromatic heterocycles. The quantitative estimate of drug-likeness (QED) is 0.403.